The predicted octanol–water partition coefficient (Wildman–Crippen LogP) is 3.34. The molecule has 2 rings (SSSR count). The highest BCUT2D eigenvalue weighted by molar-refractivity contribution is 5.93. The number of nitrogens with two attached hydrogens (primary N) is 1. The van der Waals surface area contributed by atoms with Crippen LogP contribution in [0.25, 0.3) is 0 Å². The summed E-state index contributed by atoms with van der Waals surface area (Å²) in [4.78, 5) is 47.7. The summed E-state index contributed by atoms with van der Waals surface area (Å²) in [5.74, 6) is -1.46. The zero-order valence-electron chi connectivity index (χ0n) is 18.2. The van der Waals surface area contributed by atoms with Crippen molar-refractivity contribution in [3.05, 3.63) is 67.8 Å². The van der Waals surface area contributed by atoms with Crippen LogP contribution in [0.5, 0.6) is 0 Å². The summed E-state index contributed by atoms with van der Waals surface area (Å²) in [6.45, 7) is 3.73. The molecule has 0 aliphatic rings. The van der Waals surface area contributed by atoms with E-state index in [2.05, 4.69) is 0 Å². The second kappa shape index (κ2) is 11.5. The van der Waals surface area contributed by atoms with Gasteiger partial charge in [0.15, 0.2) is 0 Å². The highest BCUT2D eigenvalue weighted by Gasteiger charge is 2.28. The highest BCUT2D eigenvalue weighted by atomic mass is 16.6. The number of rotatable bonds is 11. The maximum atomic E-state index is 12.0. The number of esters is 2. The minimum atomic E-state index is -0.731. The Bertz CT molecular complexity index is 977. The molecule has 176 valence electrons. The molecule has 12 nitrogen and oxygen atoms in total. The summed E-state index contributed by atoms with van der Waals surface area (Å²) < 4.78 is 9.79. The Morgan fingerprint density at radius 3 is 1.64 bits per heavy atom. The Hall–Kier alpha value is -4.06. The molecule has 2 N–H and O–H groups in total. The molecule has 0 aliphatic carbocycles. The Balaban J connectivity index is 2.67. The molecule has 0 atom stereocenters. The topological polar surface area (TPSA) is 168 Å². The van der Waals surface area contributed by atoms with Crippen molar-refractivity contribution in [1.82, 2.24) is 0 Å². The molecular formula is C21H24N4O8. The minimum Gasteiger partial charge on any atom is -0.462 e. The van der Waals surface area contributed by atoms with E-state index in [-0.39, 0.29) is 48.8 Å². The summed E-state index contributed by atoms with van der Waals surface area (Å²) in [6, 6.07) is 7.44. The van der Waals surface area contributed by atoms with Gasteiger partial charge in [0.1, 0.15) is 11.4 Å². The number of hydrogen-bond donors (Lipinski definition) is 1. The Morgan fingerprint density at radius 2 is 1.30 bits per heavy atom. The van der Waals surface area contributed by atoms with E-state index in [1.807, 2.05) is 0 Å². The first-order chi connectivity index (χ1) is 15.7. The molecule has 0 bridgehead atoms. The van der Waals surface area contributed by atoms with Crippen molar-refractivity contribution in [2.24, 2.45) is 5.73 Å². The molecule has 12 heteroatoms. The number of benzene rings is 2. The zero-order valence-corrected chi connectivity index (χ0v) is 18.2. The fourth-order valence-corrected chi connectivity index (χ4v) is 3.10. The molecule has 0 saturated carbocycles. The molecule has 2 aromatic carbocycles. The lowest BCUT2D eigenvalue weighted by Crippen LogP contribution is -2.23. The van der Waals surface area contributed by atoms with Crippen molar-refractivity contribution in [1.29, 1.82) is 0 Å². The number of carbonyl (C=O) groups excluding carboxylic acids is 2. The molecule has 0 heterocycles. The van der Waals surface area contributed by atoms with Gasteiger partial charge in [-0.15, -0.1) is 0 Å². The quantitative estimate of drug-likeness (QED) is 0.298. The number of hydrogen-bond acceptors (Lipinski definition) is 10. The van der Waals surface area contributed by atoms with Crippen molar-refractivity contribution < 1.29 is 28.9 Å². The SMILES string of the molecule is CCOC(=O)c1ccc(N(CCCN)c2ccc(C(=O)OCC)cc2[N+](=O)[O-])c([N+](=O)[O-])c1. The van der Waals surface area contributed by atoms with Crippen LogP contribution < -0.4 is 10.6 Å². The summed E-state index contributed by atoms with van der Waals surface area (Å²) in [6.07, 6.45) is 0.355. The van der Waals surface area contributed by atoms with Crippen LogP contribution in [0.15, 0.2) is 36.4 Å². The average molecular weight is 460 g/mol. The second-order valence-electron chi connectivity index (χ2n) is 6.66. The van der Waals surface area contributed by atoms with Crippen LogP contribution in [-0.4, -0.2) is 48.1 Å². The predicted molar refractivity (Wildman–Crippen MR) is 119 cm³/mol. The summed E-state index contributed by atoms with van der Waals surface area (Å²) >= 11 is 0. The minimum absolute atomic E-state index is 0.0217. The van der Waals surface area contributed by atoms with Gasteiger partial charge in [0.2, 0.25) is 0 Å². The molecule has 2 aromatic rings. The maximum absolute atomic E-state index is 12.0. The van der Waals surface area contributed by atoms with Crippen LogP contribution in [0.4, 0.5) is 22.7 Å². The fourth-order valence-electron chi connectivity index (χ4n) is 3.10. The number of anilines is 2. The van der Waals surface area contributed by atoms with Gasteiger partial charge in [-0.3, -0.25) is 20.2 Å². The molecule has 0 fully saturated rings. The van der Waals surface area contributed by atoms with Crippen LogP contribution in [-0.2, 0) is 9.47 Å². The van der Waals surface area contributed by atoms with E-state index < -0.39 is 33.2 Å². The van der Waals surface area contributed by atoms with Gasteiger partial charge in [-0.05, 0) is 51.1 Å². The Kier molecular flexibility index (Phi) is 8.80. The van der Waals surface area contributed by atoms with Crippen molar-refractivity contribution in [3.8, 4) is 0 Å². The fraction of sp³-hybridized carbons (Fsp3) is 0.333. The largest absolute Gasteiger partial charge is 0.462 e. The highest BCUT2D eigenvalue weighted by Crippen LogP contribution is 2.39. The molecule has 0 amide bonds. The zero-order chi connectivity index (χ0) is 24.5. The van der Waals surface area contributed by atoms with Gasteiger partial charge in [0.05, 0.1) is 34.2 Å². The summed E-state index contributed by atoms with van der Waals surface area (Å²) in [5, 5.41) is 23.6. The first-order valence-corrected chi connectivity index (χ1v) is 10.1. The van der Waals surface area contributed by atoms with E-state index in [9.17, 15) is 29.8 Å². The summed E-state index contributed by atoms with van der Waals surface area (Å²) in [5.41, 5.74) is 4.70. The van der Waals surface area contributed by atoms with E-state index in [1.54, 1.807) is 13.8 Å². The van der Waals surface area contributed by atoms with Crippen molar-refractivity contribution in [2.75, 3.05) is 31.2 Å². The number of nitrogens with zero attached hydrogens (tertiary/aromatic N) is 3. The standard InChI is InChI=1S/C21H24N4O8/c1-3-32-20(26)14-6-8-16(18(12-14)24(28)29)23(11-5-10-22)17-9-7-15(21(27)33-4-2)13-19(17)25(30)31/h6-9,12-13H,3-5,10-11,22H2,1-2H3. The average Bonchev–Trinajstić information content (AvgIpc) is 2.79. The van der Waals surface area contributed by atoms with Crippen LogP contribution in [0, 0.1) is 20.2 Å². The molecule has 0 spiro atoms. The summed E-state index contributed by atoms with van der Waals surface area (Å²) in [7, 11) is 0. The number of nitro benzene ring substituents is 2. The van der Waals surface area contributed by atoms with Gasteiger partial charge in [0, 0.05) is 18.7 Å². The first-order valence-electron chi connectivity index (χ1n) is 10.1. The molecule has 0 unspecified atom stereocenters. The normalized spacial score (nSPS) is 10.4. The van der Waals surface area contributed by atoms with Crippen molar-refractivity contribution in [3.63, 3.8) is 0 Å². The maximum Gasteiger partial charge on any atom is 0.338 e. The number of carbonyl (C=O) groups is 2. The van der Waals surface area contributed by atoms with Crippen LogP contribution in [0.3, 0.4) is 0 Å². The monoisotopic (exact) mass is 460 g/mol. The number of nitro groups is 2. The second-order valence-corrected chi connectivity index (χ2v) is 6.66. The van der Waals surface area contributed by atoms with Gasteiger partial charge >= 0.3 is 11.9 Å². The first kappa shape index (κ1) is 25.2. The lowest BCUT2D eigenvalue weighted by molar-refractivity contribution is -0.384. The van der Waals surface area contributed by atoms with Crippen molar-refractivity contribution >= 4 is 34.7 Å². The third-order valence-electron chi connectivity index (χ3n) is 4.53. The Labute approximate surface area is 189 Å². The van der Waals surface area contributed by atoms with E-state index in [0.717, 1.165) is 12.1 Å². The van der Waals surface area contributed by atoms with E-state index in [4.69, 9.17) is 15.2 Å². The van der Waals surface area contributed by atoms with Gasteiger partial charge in [-0.1, -0.05) is 0 Å². The molecule has 0 radical (unpaired) electrons. The molecule has 0 aromatic heterocycles. The van der Waals surface area contributed by atoms with Gasteiger partial charge in [0.25, 0.3) is 11.4 Å². The van der Waals surface area contributed by atoms with Gasteiger partial charge in [-0.25, -0.2) is 9.59 Å². The van der Waals surface area contributed by atoms with Crippen LogP contribution in [0.2, 0.25) is 0 Å². The van der Waals surface area contributed by atoms with Crippen LogP contribution >= 0.6 is 0 Å². The molecule has 0 aliphatic heterocycles. The third-order valence-corrected chi connectivity index (χ3v) is 4.53. The molecule has 0 saturated heterocycles. The van der Waals surface area contributed by atoms with Crippen molar-refractivity contribution in [2.45, 2.75) is 20.3 Å². The third kappa shape index (κ3) is 6.01. The van der Waals surface area contributed by atoms with E-state index in [1.165, 1.54) is 29.2 Å². The molecule has 33 heavy (non-hydrogen) atoms. The van der Waals surface area contributed by atoms with E-state index in [0.29, 0.717) is 6.42 Å². The number of ether oxygens (including phenoxy) is 2. The molecular weight excluding hydrogens is 436 g/mol. The smallest absolute Gasteiger partial charge is 0.338 e. The van der Waals surface area contributed by atoms with Gasteiger partial charge in [-0.2, -0.15) is 0 Å². The van der Waals surface area contributed by atoms with E-state index >= 15 is 0 Å². The Morgan fingerprint density at radius 1 is 0.879 bits per heavy atom. The lowest BCUT2D eigenvalue weighted by atomic mass is 10.1. The lowest BCUT2D eigenvalue weighted by Gasteiger charge is -2.24. The van der Waals surface area contributed by atoms with Crippen LogP contribution in [0.1, 0.15) is 41.0 Å². The van der Waals surface area contributed by atoms with Gasteiger partial charge < -0.3 is 20.1 Å².